The zero-order valence-electron chi connectivity index (χ0n) is 9.21. The third kappa shape index (κ3) is 3.28. The summed E-state index contributed by atoms with van der Waals surface area (Å²) in [4.78, 5) is 4.38. The lowest BCUT2D eigenvalue weighted by molar-refractivity contribution is 0.936. The number of anilines is 2. The van der Waals surface area contributed by atoms with E-state index in [9.17, 15) is 0 Å². The first-order valence-electron chi connectivity index (χ1n) is 5.16. The van der Waals surface area contributed by atoms with Crippen LogP contribution in [0.4, 0.5) is 10.8 Å². The summed E-state index contributed by atoms with van der Waals surface area (Å²) in [6, 6.07) is 3.28. The van der Waals surface area contributed by atoms with E-state index in [0.717, 1.165) is 17.2 Å². The zero-order valence-corrected chi connectivity index (χ0v) is 12.3. The average Bonchev–Trinajstić information content (AvgIpc) is 2.74. The molecule has 0 unspecified atom stereocenters. The molecule has 0 saturated carbocycles. The van der Waals surface area contributed by atoms with Crippen LogP contribution in [-0.4, -0.2) is 11.5 Å². The predicted molar refractivity (Wildman–Crippen MR) is 79.6 cm³/mol. The van der Waals surface area contributed by atoms with Gasteiger partial charge in [-0.2, -0.15) is 0 Å². The van der Waals surface area contributed by atoms with Crippen molar-refractivity contribution in [2.75, 3.05) is 11.9 Å². The van der Waals surface area contributed by atoms with E-state index < -0.39 is 0 Å². The maximum Gasteiger partial charge on any atom is 0.187 e. The summed E-state index contributed by atoms with van der Waals surface area (Å²) in [7, 11) is 0. The molecule has 0 atom stereocenters. The Balaban J connectivity index is 2.20. The smallest absolute Gasteiger partial charge is 0.187 e. The molecule has 96 valence electrons. The van der Waals surface area contributed by atoms with Crippen LogP contribution < -0.4 is 11.1 Å². The van der Waals surface area contributed by atoms with Crippen LogP contribution >= 0.6 is 46.1 Å². The Labute approximate surface area is 124 Å². The fourth-order valence-corrected chi connectivity index (χ4v) is 2.71. The Bertz CT molecular complexity index is 556. The molecule has 0 saturated heterocycles. The highest BCUT2D eigenvalue weighted by atomic mass is 35.5. The molecule has 2 rings (SSSR count). The van der Waals surface area contributed by atoms with Gasteiger partial charge in [-0.05, 0) is 18.7 Å². The van der Waals surface area contributed by atoms with Gasteiger partial charge in [0.05, 0.1) is 26.4 Å². The summed E-state index contributed by atoms with van der Waals surface area (Å²) in [6.07, 6.45) is 0.757. The fraction of sp³-hybridized carbons (Fsp3) is 0.182. The summed E-state index contributed by atoms with van der Waals surface area (Å²) in [5.41, 5.74) is 7.11. The topological polar surface area (TPSA) is 50.9 Å². The summed E-state index contributed by atoms with van der Waals surface area (Å²) in [5, 5.41) is 7.19. The highest BCUT2D eigenvalue weighted by Gasteiger charge is 2.08. The minimum Gasteiger partial charge on any atom is -0.330 e. The van der Waals surface area contributed by atoms with Crippen molar-refractivity contribution in [2.45, 2.75) is 6.42 Å². The zero-order chi connectivity index (χ0) is 13.1. The summed E-state index contributed by atoms with van der Waals surface area (Å²) in [6.45, 7) is 0.580. The summed E-state index contributed by atoms with van der Waals surface area (Å²) in [5.74, 6) is 0. The Hall–Kier alpha value is -0.520. The van der Waals surface area contributed by atoms with E-state index in [4.69, 9.17) is 40.5 Å². The van der Waals surface area contributed by atoms with Crippen molar-refractivity contribution in [1.82, 2.24) is 4.98 Å². The molecule has 0 aliphatic heterocycles. The lowest BCUT2D eigenvalue weighted by Crippen LogP contribution is -2.02. The van der Waals surface area contributed by atoms with Gasteiger partial charge in [0.25, 0.3) is 0 Å². The lowest BCUT2D eigenvalue weighted by atomic mass is 10.3. The third-order valence-corrected chi connectivity index (χ3v) is 4.05. The number of benzene rings is 1. The van der Waals surface area contributed by atoms with Crippen LogP contribution in [0.15, 0.2) is 17.5 Å². The van der Waals surface area contributed by atoms with Crippen LogP contribution in [0.3, 0.4) is 0 Å². The number of nitrogens with one attached hydrogen (secondary N) is 1. The van der Waals surface area contributed by atoms with E-state index in [1.165, 1.54) is 11.3 Å². The van der Waals surface area contributed by atoms with Gasteiger partial charge in [-0.15, -0.1) is 11.3 Å². The van der Waals surface area contributed by atoms with Crippen LogP contribution in [0.2, 0.25) is 15.1 Å². The van der Waals surface area contributed by atoms with Crippen LogP contribution in [0, 0.1) is 0 Å². The van der Waals surface area contributed by atoms with E-state index in [1.54, 1.807) is 12.1 Å². The predicted octanol–water partition coefficient (Wildman–Crippen LogP) is 4.35. The standard InChI is InChI=1S/C11H10Cl3N3S/c12-7-3-9(14)10(4-8(7)13)17-11-16-6(1-2-15)5-18-11/h3-5H,1-2,15H2,(H,16,17). The van der Waals surface area contributed by atoms with Gasteiger partial charge in [0.1, 0.15) is 0 Å². The number of halogens is 3. The molecule has 0 spiro atoms. The molecule has 1 aromatic carbocycles. The van der Waals surface area contributed by atoms with Crippen LogP contribution in [0.25, 0.3) is 0 Å². The number of hydrogen-bond donors (Lipinski definition) is 2. The molecule has 7 heteroatoms. The highest BCUT2D eigenvalue weighted by molar-refractivity contribution is 7.13. The molecule has 2 aromatic rings. The molecule has 3 nitrogen and oxygen atoms in total. The monoisotopic (exact) mass is 321 g/mol. The molecule has 0 fully saturated rings. The van der Waals surface area contributed by atoms with Gasteiger partial charge in [0, 0.05) is 11.8 Å². The first-order valence-corrected chi connectivity index (χ1v) is 7.17. The fourth-order valence-electron chi connectivity index (χ4n) is 1.36. The van der Waals surface area contributed by atoms with Crippen molar-refractivity contribution in [3.8, 4) is 0 Å². The quantitative estimate of drug-likeness (QED) is 0.823. The third-order valence-electron chi connectivity index (χ3n) is 2.20. The Morgan fingerprint density at radius 1 is 1.17 bits per heavy atom. The van der Waals surface area contributed by atoms with Gasteiger partial charge in [0.15, 0.2) is 5.13 Å². The Kier molecular flexibility index (Phi) is 4.70. The van der Waals surface area contributed by atoms with Gasteiger partial charge in [-0.3, -0.25) is 0 Å². The molecule has 3 N–H and O–H groups in total. The van der Waals surface area contributed by atoms with Crippen molar-refractivity contribution >= 4 is 57.0 Å². The number of hydrogen-bond acceptors (Lipinski definition) is 4. The molecule has 0 bridgehead atoms. The lowest BCUT2D eigenvalue weighted by Gasteiger charge is -2.06. The maximum atomic E-state index is 6.07. The normalized spacial score (nSPS) is 10.7. The van der Waals surface area contributed by atoms with E-state index in [2.05, 4.69) is 10.3 Å². The van der Waals surface area contributed by atoms with Crippen molar-refractivity contribution < 1.29 is 0 Å². The van der Waals surface area contributed by atoms with Crippen molar-refractivity contribution in [3.05, 3.63) is 38.3 Å². The number of aromatic nitrogens is 1. The van der Waals surface area contributed by atoms with Crippen molar-refractivity contribution in [2.24, 2.45) is 5.73 Å². The van der Waals surface area contributed by atoms with E-state index >= 15 is 0 Å². The van der Waals surface area contributed by atoms with E-state index in [-0.39, 0.29) is 0 Å². The van der Waals surface area contributed by atoms with Gasteiger partial charge in [-0.1, -0.05) is 34.8 Å². The Morgan fingerprint density at radius 2 is 1.89 bits per heavy atom. The number of thiazole rings is 1. The molecule has 0 amide bonds. The summed E-state index contributed by atoms with van der Waals surface area (Å²) < 4.78 is 0. The molecule has 18 heavy (non-hydrogen) atoms. The van der Waals surface area contributed by atoms with Crippen molar-refractivity contribution in [1.29, 1.82) is 0 Å². The van der Waals surface area contributed by atoms with Gasteiger partial charge in [-0.25, -0.2) is 4.98 Å². The molecule has 0 aliphatic rings. The first kappa shape index (κ1) is 13.9. The van der Waals surface area contributed by atoms with E-state index in [0.29, 0.717) is 27.3 Å². The Morgan fingerprint density at radius 3 is 2.61 bits per heavy atom. The largest absolute Gasteiger partial charge is 0.330 e. The maximum absolute atomic E-state index is 6.07. The molecular formula is C11H10Cl3N3S. The highest BCUT2D eigenvalue weighted by Crippen LogP contribution is 2.34. The van der Waals surface area contributed by atoms with Gasteiger partial charge < -0.3 is 11.1 Å². The van der Waals surface area contributed by atoms with Gasteiger partial charge in [0.2, 0.25) is 0 Å². The van der Waals surface area contributed by atoms with Crippen molar-refractivity contribution in [3.63, 3.8) is 0 Å². The summed E-state index contributed by atoms with van der Waals surface area (Å²) >= 11 is 19.4. The second kappa shape index (κ2) is 6.08. The average molecular weight is 323 g/mol. The van der Waals surface area contributed by atoms with Crippen LogP contribution in [0.5, 0.6) is 0 Å². The molecule has 1 aromatic heterocycles. The molecule has 1 heterocycles. The minimum atomic E-state index is 0.426. The minimum absolute atomic E-state index is 0.426. The molecule has 0 aliphatic carbocycles. The number of nitrogens with zero attached hydrogens (tertiary/aromatic N) is 1. The molecular weight excluding hydrogens is 313 g/mol. The van der Waals surface area contributed by atoms with E-state index in [1.807, 2.05) is 5.38 Å². The second-order valence-corrected chi connectivity index (χ2v) is 5.63. The molecule has 0 radical (unpaired) electrons. The van der Waals surface area contributed by atoms with Crippen LogP contribution in [-0.2, 0) is 6.42 Å². The SMILES string of the molecule is NCCc1csc(Nc2cc(Cl)c(Cl)cc2Cl)n1. The number of rotatable bonds is 4. The van der Waals surface area contributed by atoms with Crippen LogP contribution in [0.1, 0.15) is 5.69 Å². The first-order chi connectivity index (χ1) is 8.60. The second-order valence-electron chi connectivity index (χ2n) is 3.55. The number of nitrogens with two attached hydrogens (primary N) is 1. The van der Waals surface area contributed by atoms with Gasteiger partial charge >= 0.3 is 0 Å².